The summed E-state index contributed by atoms with van der Waals surface area (Å²) < 4.78 is 42.8. The Labute approximate surface area is 139 Å². The van der Waals surface area contributed by atoms with E-state index >= 15 is 0 Å². The summed E-state index contributed by atoms with van der Waals surface area (Å²) in [6, 6.07) is 15.4. The first-order chi connectivity index (χ1) is 11.3. The zero-order valence-corrected chi connectivity index (χ0v) is 13.4. The lowest BCUT2D eigenvalue weighted by atomic mass is 9.54. The van der Waals surface area contributed by atoms with E-state index in [1.807, 2.05) is 25.1 Å². The first kappa shape index (κ1) is 18.1. The smallest absolute Gasteiger partial charge is 0.489 e. The van der Waals surface area contributed by atoms with Crippen LogP contribution in [0.2, 0.25) is 0 Å². The molecule has 126 valence electrons. The summed E-state index contributed by atoms with van der Waals surface area (Å²) in [5, 5.41) is 0. The first-order valence-electron chi connectivity index (χ1n) is 7.34. The van der Waals surface area contributed by atoms with Gasteiger partial charge in [-0.05, 0) is 30.6 Å². The van der Waals surface area contributed by atoms with Crippen LogP contribution in [0.5, 0.6) is 0 Å². The SMILES string of the molecule is CN(C)Cc1ccccc1B(OC(=O)C(F)(F)F)c1ccccc1. The molecule has 0 aliphatic carbocycles. The number of hydrogen-bond acceptors (Lipinski definition) is 3. The molecule has 2 aromatic carbocycles. The summed E-state index contributed by atoms with van der Waals surface area (Å²) in [6.45, 7) is -0.597. The van der Waals surface area contributed by atoms with Crippen molar-refractivity contribution >= 4 is 23.8 Å². The highest BCUT2D eigenvalue weighted by Gasteiger charge is 2.43. The van der Waals surface area contributed by atoms with Gasteiger partial charge in [-0.3, -0.25) is 0 Å². The Morgan fingerprint density at radius 2 is 1.62 bits per heavy atom. The zero-order valence-electron chi connectivity index (χ0n) is 13.4. The lowest BCUT2D eigenvalue weighted by molar-refractivity contribution is -0.189. The molecule has 0 fully saturated rings. The van der Waals surface area contributed by atoms with Crippen molar-refractivity contribution in [1.29, 1.82) is 0 Å². The molecule has 3 nitrogen and oxygen atoms in total. The summed E-state index contributed by atoms with van der Waals surface area (Å²) in [6.07, 6.45) is -5.04. The second kappa shape index (κ2) is 7.53. The number of rotatable bonds is 5. The standard InChI is InChI=1S/C17H17BF3NO2/c1-22(2)12-13-8-6-7-11-15(13)18(14-9-4-3-5-10-14)24-16(23)17(19,20)21/h3-11H,12H2,1-2H3. The maximum Gasteiger partial charge on any atom is 0.489 e. The van der Waals surface area contributed by atoms with Crippen LogP contribution in [-0.4, -0.2) is 38.1 Å². The third-order valence-corrected chi connectivity index (χ3v) is 3.38. The predicted molar refractivity (Wildman–Crippen MR) is 87.4 cm³/mol. The molecule has 0 spiro atoms. The van der Waals surface area contributed by atoms with Crippen molar-refractivity contribution in [3.8, 4) is 0 Å². The predicted octanol–water partition coefficient (Wildman–Crippen LogP) is 1.96. The van der Waals surface area contributed by atoms with Gasteiger partial charge < -0.3 is 9.55 Å². The van der Waals surface area contributed by atoms with Gasteiger partial charge >= 0.3 is 19.1 Å². The van der Waals surface area contributed by atoms with Crippen molar-refractivity contribution in [2.45, 2.75) is 12.7 Å². The van der Waals surface area contributed by atoms with Gasteiger partial charge in [-0.15, -0.1) is 0 Å². The van der Waals surface area contributed by atoms with Gasteiger partial charge in [-0.1, -0.05) is 54.6 Å². The fourth-order valence-corrected chi connectivity index (χ4v) is 2.39. The van der Waals surface area contributed by atoms with Crippen LogP contribution in [0.4, 0.5) is 13.2 Å². The van der Waals surface area contributed by atoms with Gasteiger partial charge in [-0.25, -0.2) is 4.79 Å². The molecule has 0 radical (unpaired) electrons. The molecule has 0 amide bonds. The molecule has 0 aliphatic rings. The molecule has 0 aliphatic heterocycles. The van der Waals surface area contributed by atoms with E-state index < -0.39 is 19.1 Å². The van der Waals surface area contributed by atoms with Gasteiger partial charge in [0, 0.05) is 6.54 Å². The summed E-state index contributed by atoms with van der Waals surface area (Å²) in [4.78, 5) is 13.3. The van der Waals surface area contributed by atoms with Gasteiger partial charge in [-0.2, -0.15) is 13.2 Å². The van der Waals surface area contributed by atoms with Crippen LogP contribution < -0.4 is 10.9 Å². The molecule has 0 unspecified atom stereocenters. The van der Waals surface area contributed by atoms with Crippen molar-refractivity contribution < 1.29 is 22.6 Å². The second-order valence-electron chi connectivity index (χ2n) is 5.63. The Hall–Kier alpha value is -2.28. The minimum Gasteiger partial charge on any atom is -0.519 e. The lowest BCUT2D eigenvalue weighted by Crippen LogP contribution is -2.50. The maximum absolute atomic E-state index is 12.7. The van der Waals surface area contributed by atoms with Crippen LogP contribution in [0.25, 0.3) is 0 Å². The van der Waals surface area contributed by atoms with Crippen LogP contribution in [0.1, 0.15) is 5.56 Å². The van der Waals surface area contributed by atoms with E-state index in [2.05, 4.69) is 0 Å². The Balaban J connectivity index is 2.46. The third-order valence-electron chi connectivity index (χ3n) is 3.38. The van der Waals surface area contributed by atoms with Crippen molar-refractivity contribution in [2.75, 3.05) is 14.1 Å². The van der Waals surface area contributed by atoms with Crippen molar-refractivity contribution in [3.05, 3.63) is 60.2 Å². The normalized spacial score (nSPS) is 11.4. The highest BCUT2D eigenvalue weighted by atomic mass is 19.4. The zero-order chi connectivity index (χ0) is 17.7. The molecule has 0 saturated carbocycles. The number of halogens is 3. The van der Waals surface area contributed by atoms with E-state index in [0.29, 0.717) is 17.5 Å². The van der Waals surface area contributed by atoms with E-state index in [1.165, 1.54) is 0 Å². The van der Waals surface area contributed by atoms with Crippen molar-refractivity contribution in [3.63, 3.8) is 0 Å². The highest BCUT2D eigenvalue weighted by Crippen LogP contribution is 2.17. The van der Waals surface area contributed by atoms with Crippen LogP contribution in [0, 0.1) is 0 Å². The Bertz CT molecular complexity index is 690. The molecule has 2 aromatic rings. The second-order valence-corrected chi connectivity index (χ2v) is 5.63. The topological polar surface area (TPSA) is 29.5 Å². The molecular formula is C17H17BF3NO2. The van der Waals surface area contributed by atoms with E-state index in [9.17, 15) is 18.0 Å². The van der Waals surface area contributed by atoms with Crippen LogP contribution in [0.15, 0.2) is 54.6 Å². The molecule has 0 bridgehead atoms. The molecular weight excluding hydrogens is 318 g/mol. The molecule has 0 N–H and O–H groups in total. The fourth-order valence-electron chi connectivity index (χ4n) is 2.39. The van der Waals surface area contributed by atoms with Crippen LogP contribution >= 0.6 is 0 Å². The Morgan fingerprint density at radius 3 is 2.21 bits per heavy atom. The lowest BCUT2D eigenvalue weighted by Gasteiger charge is -2.20. The number of carbonyl (C=O) groups excluding carboxylic acids is 1. The fraction of sp³-hybridized carbons (Fsp3) is 0.235. The van der Waals surface area contributed by atoms with Crippen LogP contribution in [-0.2, 0) is 16.0 Å². The Kier molecular flexibility index (Phi) is 5.67. The number of nitrogens with zero attached hydrogens (tertiary/aromatic N) is 1. The highest BCUT2D eigenvalue weighted by molar-refractivity contribution is 6.81. The third kappa shape index (κ3) is 4.61. The molecule has 0 heterocycles. The molecule has 24 heavy (non-hydrogen) atoms. The molecule has 0 aromatic heterocycles. The molecule has 0 saturated heterocycles. The van der Waals surface area contributed by atoms with E-state index in [4.69, 9.17) is 4.65 Å². The summed E-state index contributed by atoms with van der Waals surface area (Å²) in [5.41, 5.74) is 1.82. The average Bonchev–Trinajstić information content (AvgIpc) is 2.52. The summed E-state index contributed by atoms with van der Waals surface area (Å²) in [7, 11) is 3.71. The summed E-state index contributed by atoms with van der Waals surface area (Å²) in [5.74, 6) is -2.20. The number of hydrogen-bond donors (Lipinski definition) is 0. The molecule has 0 atom stereocenters. The first-order valence-corrected chi connectivity index (χ1v) is 7.34. The van der Waals surface area contributed by atoms with E-state index in [1.54, 1.807) is 48.5 Å². The maximum atomic E-state index is 12.7. The van der Waals surface area contributed by atoms with E-state index in [0.717, 1.165) is 5.56 Å². The summed E-state index contributed by atoms with van der Waals surface area (Å²) >= 11 is 0. The van der Waals surface area contributed by atoms with Gasteiger partial charge in [0.25, 0.3) is 0 Å². The Morgan fingerprint density at radius 1 is 1.04 bits per heavy atom. The van der Waals surface area contributed by atoms with Gasteiger partial charge in [0.2, 0.25) is 0 Å². The minimum absolute atomic E-state index is 0.487. The molecule has 7 heteroatoms. The largest absolute Gasteiger partial charge is 0.519 e. The monoisotopic (exact) mass is 335 g/mol. The quantitative estimate of drug-likeness (QED) is 0.783. The molecule has 2 rings (SSSR count). The number of benzene rings is 2. The van der Waals surface area contributed by atoms with Gasteiger partial charge in [0.15, 0.2) is 0 Å². The number of carbonyl (C=O) groups is 1. The average molecular weight is 335 g/mol. The van der Waals surface area contributed by atoms with E-state index in [-0.39, 0.29) is 0 Å². The van der Waals surface area contributed by atoms with Crippen molar-refractivity contribution in [1.82, 2.24) is 4.90 Å². The van der Waals surface area contributed by atoms with Gasteiger partial charge in [0.05, 0.1) is 0 Å². The number of alkyl halides is 3. The van der Waals surface area contributed by atoms with Crippen molar-refractivity contribution in [2.24, 2.45) is 0 Å². The van der Waals surface area contributed by atoms with Gasteiger partial charge in [0.1, 0.15) is 0 Å². The minimum atomic E-state index is -5.04. The van der Waals surface area contributed by atoms with Crippen LogP contribution in [0.3, 0.4) is 0 Å².